The average Bonchev–Trinajstić information content (AvgIpc) is 3.40. The predicted molar refractivity (Wildman–Crippen MR) is 126 cm³/mol. The van der Waals surface area contributed by atoms with E-state index in [0.29, 0.717) is 29.8 Å². The number of aryl methyl sites for hydroxylation is 1. The van der Waals surface area contributed by atoms with Crippen LogP contribution in [0.3, 0.4) is 0 Å². The Morgan fingerprint density at radius 3 is 2.52 bits per heavy atom. The minimum atomic E-state index is -4.76. The molecule has 208 valence electrons. The number of rotatable bonds is 4. The van der Waals surface area contributed by atoms with Crippen LogP contribution in [0.15, 0.2) is 34.9 Å². The molecule has 0 radical (unpaired) electrons. The van der Waals surface area contributed by atoms with Gasteiger partial charge in [-0.05, 0) is 38.0 Å². The van der Waals surface area contributed by atoms with E-state index in [-0.39, 0.29) is 42.4 Å². The van der Waals surface area contributed by atoms with Crippen LogP contribution in [-0.2, 0) is 6.18 Å². The average molecular weight is 562 g/mol. The Morgan fingerprint density at radius 1 is 1.07 bits per heavy atom. The molecule has 3 aromatic heterocycles. The second-order valence-electron chi connectivity index (χ2n) is 8.81. The number of benzene rings is 1. The third-order valence-electron chi connectivity index (χ3n) is 6.13. The van der Waals surface area contributed by atoms with Crippen LogP contribution in [0.1, 0.15) is 36.0 Å². The molecule has 11 nitrogen and oxygen atoms in total. The molecule has 1 aliphatic heterocycles. The molecule has 2 N–H and O–H groups in total. The minimum Gasteiger partial charge on any atom is -0.414 e. The van der Waals surface area contributed by atoms with Gasteiger partial charge >= 0.3 is 12.3 Å². The molecule has 0 bridgehead atoms. The Bertz CT molecular complexity index is 1570. The van der Waals surface area contributed by atoms with Gasteiger partial charge in [-0.15, -0.1) is 10.2 Å². The number of hydrogen-bond donors (Lipinski definition) is 1. The summed E-state index contributed by atoms with van der Waals surface area (Å²) < 4.78 is 77.1. The molecule has 1 fully saturated rings. The number of ether oxygens (including phenoxy) is 1. The summed E-state index contributed by atoms with van der Waals surface area (Å²) in [6, 6.07) is 3.74. The van der Waals surface area contributed by atoms with Crippen molar-refractivity contribution in [1.29, 1.82) is 0 Å². The fourth-order valence-corrected chi connectivity index (χ4v) is 4.27. The Labute approximate surface area is 222 Å². The van der Waals surface area contributed by atoms with Gasteiger partial charge in [0.2, 0.25) is 11.8 Å². The van der Waals surface area contributed by atoms with Crippen LogP contribution in [0, 0.1) is 18.6 Å². The standard InChI is InChI=1S/C24H19F5N8O3/c1-11-17(20-36-35-19(40-20)15-4-7-31-21(33-15)24(27,28)29)18(34-22(30)32-11)12-5-8-37(9-6-12)23(38)39-16-10-13(25)2-3-14(16)26/h2-4,7,10,12H,5-6,8-9H2,1H3,(H2,30,32,34). The topological polar surface area (TPSA) is 146 Å². The van der Waals surface area contributed by atoms with E-state index < -0.39 is 35.5 Å². The summed E-state index contributed by atoms with van der Waals surface area (Å²) in [7, 11) is 0. The molecule has 5 rings (SSSR count). The fourth-order valence-electron chi connectivity index (χ4n) is 4.27. The summed E-state index contributed by atoms with van der Waals surface area (Å²) in [4.78, 5) is 29.1. The zero-order chi connectivity index (χ0) is 28.6. The van der Waals surface area contributed by atoms with Crippen molar-refractivity contribution in [2.45, 2.75) is 31.9 Å². The van der Waals surface area contributed by atoms with E-state index in [1.165, 1.54) is 11.0 Å². The third-order valence-corrected chi connectivity index (χ3v) is 6.13. The SMILES string of the molecule is Cc1nc(N)nc(C2CCN(C(=O)Oc3cc(F)ccc3F)CC2)c1-c1nnc(-c2ccnc(C(F)(F)F)n2)o1. The largest absolute Gasteiger partial charge is 0.451 e. The van der Waals surface area contributed by atoms with E-state index in [1.807, 2.05) is 0 Å². The summed E-state index contributed by atoms with van der Waals surface area (Å²) in [5, 5.41) is 7.81. The van der Waals surface area contributed by atoms with Crippen molar-refractivity contribution in [3.63, 3.8) is 0 Å². The number of anilines is 1. The smallest absolute Gasteiger partial charge is 0.414 e. The lowest BCUT2D eigenvalue weighted by molar-refractivity contribution is -0.144. The molecule has 0 spiro atoms. The maximum atomic E-state index is 13.9. The van der Waals surface area contributed by atoms with Crippen LogP contribution in [0.5, 0.6) is 5.75 Å². The van der Waals surface area contributed by atoms with E-state index >= 15 is 0 Å². The fraction of sp³-hybridized carbons (Fsp3) is 0.292. The number of alkyl halides is 3. The number of nitrogen functional groups attached to an aromatic ring is 1. The third kappa shape index (κ3) is 5.50. The van der Waals surface area contributed by atoms with Gasteiger partial charge in [-0.2, -0.15) is 13.2 Å². The van der Waals surface area contributed by atoms with Gasteiger partial charge in [0.05, 0.1) is 17.0 Å². The molecule has 4 heterocycles. The van der Waals surface area contributed by atoms with Crippen molar-refractivity contribution in [3.8, 4) is 28.8 Å². The van der Waals surface area contributed by atoms with E-state index in [4.69, 9.17) is 14.9 Å². The van der Waals surface area contributed by atoms with Gasteiger partial charge in [0.1, 0.15) is 11.5 Å². The Kier molecular flexibility index (Phi) is 6.99. The highest BCUT2D eigenvalue weighted by molar-refractivity contribution is 5.71. The van der Waals surface area contributed by atoms with Crippen molar-refractivity contribution in [2.75, 3.05) is 18.8 Å². The van der Waals surface area contributed by atoms with Crippen LogP contribution in [0.25, 0.3) is 23.0 Å². The summed E-state index contributed by atoms with van der Waals surface area (Å²) in [6.45, 7) is 2.02. The van der Waals surface area contributed by atoms with Crippen LogP contribution >= 0.6 is 0 Å². The highest BCUT2D eigenvalue weighted by Crippen LogP contribution is 2.37. The first kappa shape index (κ1) is 26.8. The summed E-state index contributed by atoms with van der Waals surface area (Å²) in [6.07, 6.45) is -3.91. The number of aromatic nitrogens is 6. The Hall–Kier alpha value is -4.76. The first-order valence-corrected chi connectivity index (χ1v) is 11.8. The van der Waals surface area contributed by atoms with E-state index in [9.17, 15) is 26.7 Å². The number of carbonyl (C=O) groups excluding carboxylic acids is 1. The quantitative estimate of drug-likeness (QED) is 0.352. The van der Waals surface area contributed by atoms with Crippen LogP contribution in [-0.4, -0.2) is 54.2 Å². The second-order valence-corrected chi connectivity index (χ2v) is 8.81. The van der Waals surface area contributed by atoms with Gasteiger partial charge in [-0.25, -0.2) is 33.5 Å². The number of amides is 1. The molecular formula is C24H19F5N8O3. The molecule has 1 aliphatic rings. The van der Waals surface area contributed by atoms with Crippen molar-refractivity contribution in [3.05, 3.63) is 59.3 Å². The molecule has 0 unspecified atom stereocenters. The molecule has 4 aromatic rings. The van der Waals surface area contributed by atoms with Gasteiger partial charge in [-0.1, -0.05) is 0 Å². The molecule has 1 amide bonds. The number of nitrogens with two attached hydrogens (primary N) is 1. The number of piperidine rings is 1. The van der Waals surface area contributed by atoms with Gasteiger partial charge in [0.15, 0.2) is 11.6 Å². The molecule has 0 aliphatic carbocycles. The van der Waals surface area contributed by atoms with E-state index in [1.54, 1.807) is 6.92 Å². The molecular weight excluding hydrogens is 543 g/mol. The van der Waals surface area contributed by atoms with Crippen molar-refractivity contribution < 1.29 is 35.9 Å². The summed E-state index contributed by atoms with van der Waals surface area (Å²) in [5.41, 5.74) is 6.85. The number of hydrogen-bond acceptors (Lipinski definition) is 10. The van der Waals surface area contributed by atoms with Crippen LogP contribution in [0.4, 0.5) is 32.7 Å². The molecule has 1 saturated heterocycles. The molecule has 1 aromatic carbocycles. The van der Waals surface area contributed by atoms with E-state index in [0.717, 1.165) is 24.4 Å². The molecule has 40 heavy (non-hydrogen) atoms. The van der Waals surface area contributed by atoms with Crippen LogP contribution < -0.4 is 10.5 Å². The second kappa shape index (κ2) is 10.4. The number of carbonyl (C=O) groups is 1. The first-order valence-electron chi connectivity index (χ1n) is 11.8. The number of likely N-dealkylation sites (tertiary alicyclic amines) is 1. The highest BCUT2D eigenvalue weighted by atomic mass is 19.4. The van der Waals surface area contributed by atoms with Crippen molar-refractivity contribution in [1.82, 2.24) is 35.0 Å². The predicted octanol–water partition coefficient (Wildman–Crippen LogP) is 4.55. The van der Waals surface area contributed by atoms with Gasteiger partial charge in [0.25, 0.3) is 11.8 Å². The van der Waals surface area contributed by atoms with Crippen molar-refractivity contribution in [2.24, 2.45) is 0 Å². The normalized spacial score (nSPS) is 14.4. The van der Waals surface area contributed by atoms with Gasteiger partial charge in [0, 0.05) is 31.3 Å². The van der Waals surface area contributed by atoms with Gasteiger partial charge in [-0.3, -0.25) is 0 Å². The lowest BCUT2D eigenvalue weighted by Crippen LogP contribution is -2.40. The number of halogens is 5. The maximum absolute atomic E-state index is 13.9. The lowest BCUT2D eigenvalue weighted by Gasteiger charge is -2.31. The zero-order valence-electron chi connectivity index (χ0n) is 20.6. The van der Waals surface area contributed by atoms with E-state index in [2.05, 4.69) is 30.1 Å². The minimum absolute atomic E-state index is 0.0231. The number of nitrogens with zero attached hydrogens (tertiary/aromatic N) is 7. The molecule has 0 saturated carbocycles. The van der Waals surface area contributed by atoms with Crippen molar-refractivity contribution >= 4 is 12.0 Å². The van der Waals surface area contributed by atoms with Gasteiger partial charge < -0.3 is 19.8 Å². The molecule has 0 atom stereocenters. The first-order chi connectivity index (χ1) is 19.0. The maximum Gasteiger partial charge on any atom is 0.451 e. The van der Waals surface area contributed by atoms with Crippen LogP contribution in [0.2, 0.25) is 0 Å². The summed E-state index contributed by atoms with van der Waals surface area (Å²) >= 11 is 0. The highest BCUT2D eigenvalue weighted by Gasteiger charge is 2.35. The Balaban J connectivity index is 1.36. The summed E-state index contributed by atoms with van der Waals surface area (Å²) in [5.74, 6) is -4.13. The Morgan fingerprint density at radius 2 is 1.80 bits per heavy atom. The zero-order valence-corrected chi connectivity index (χ0v) is 20.6. The lowest BCUT2D eigenvalue weighted by atomic mass is 9.90. The monoisotopic (exact) mass is 562 g/mol. The molecule has 16 heteroatoms.